The van der Waals surface area contributed by atoms with Gasteiger partial charge in [-0.3, -0.25) is 9.10 Å². The number of sulfonamides is 2. The van der Waals surface area contributed by atoms with E-state index in [-0.39, 0.29) is 23.7 Å². The summed E-state index contributed by atoms with van der Waals surface area (Å²) in [6.07, 6.45) is 1.000. The largest absolute Gasteiger partial charge is 0.379 e. The van der Waals surface area contributed by atoms with Gasteiger partial charge < -0.3 is 10.1 Å². The van der Waals surface area contributed by atoms with Gasteiger partial charge in [0.1, 0.15) is 6.54 Å². The summed E-state index contributed by atoms with van der Waals surface area (Å²) in [6.45, 7) is 1.14. The van der Waals surface area contributed by atoms with E-state index in [0.717, 1.165) is 21.9 Å². The highest BCUT2D eigenvalue weighted by molar-refractivity contribution is 7.98. The highest BCUT2D eigenvalue weighted by Crippen LogP contribution is 2.23. The van der Waals surface area contributed by atoms with Crippen molar-refractivity contribution in [2.75, 3.05) is 55.7 Å². The first-order valence-electron chi connectivity index (χ1n) is 10.8. The van der Waals surface area contributed by atoms with Gasteiger partial charge in [0.15, 0.2) is 0 Å². The zero-order chi connectivity index (χ0) is 25.5. The molecule has 9 nitrogen and oxygen atoms in total. The number of thioether (sulfide) groups is 1. The van der Waals surface area contributed by atoms with Gasteiger partial charge in [0.25, 0.3) is 0 Å². The zero-order valence-electron chi connectivity index (χ0n) is 19.2. The first-order valence-corrected chi connectivity index (χ1v) is 15.6. The summed E-state index contributed by atoms with van der Waals surface area (Å²) in [7, 11) is -7.49. The summed E-state index contributed by atoms with van der Waals surface area (Å²) in [5.74, 6) is 0.931. The van der Waals surface area contributed by atoms with Gasteiger partial charge in [-0.05, 0) is 42.0 Å². The quantitative estimate of drug-likeness (QED) is 0.418. The van der Waals surface area contributed by atoms with Crippen LogP contribution in [0.15, 0.2) is 53.4 Å². The molecule has 1 saturated heterocycles. The molecule has 3 rings (SSSR count). The van der Waals surface area contributed by atoms with E-state index in [1.54, 1.807) is 17.8 Å². The Morgan fingerprint density at radius 1 is 1.11 bits per heavy atom. The molecule has 1 heterocycles. The fourth-order valence-electron chi connectivity index (χ4n) is 3.39. The summed E-state index contributed by atoms with van der Waals surface area (Å²) in [6, 6.07) is 13.0. The van der Waals surface area contributed by atoms with Gasteiger partial charge in [0.05, 0.1) is 30.1 Å². The summed E-state index contributed by atoms with van der Waals surface area (Å²) in [5.41, 5.74) is 1.29. The summed E-state index contributed by atoms with van der Waals surface area (Å²) < 4.78 is 57.8. The maximum Gasteiger partial charge on any atom is 0.243 e. The number of anilines is 1. The van der Waals surface area contributed by atoms with E-state index < -0.39 is 32.5 Å². The van der Waals surface area contributed by atoms with E-state index in [0.29, 0.717) is 30.5 Å². The number of ether oxygens (including phenoxy) is 1. The van der Waals surface area contributed by atoms with Crippen molar-refractivity contribution in [1.29, 1.82) is 0 Å². The molecular formula is C22H28ClN3O6S3. The summed E-state index contributed by atoms with van der Waals surface area (Å²) in [4.78, 5) is 12.5. The Morgan fingerprint density at radius 3 is 2.43 bits per heavy atom. The molecule has 0 unspecified atom stereocenters. The topological polar surface area (TPSA) is 113 Å². The van der Waals surface area contributed by atoms with Crippen LogP contribution in [0.1, 0.15) is 5.56 Å². The Kier molecular flexibility index (Phi) is 9.85. The second-order valence-electron chi connectivity index (χ2n) is 7.81. The Morgan fingerprint density at radius 2 is 1.80 bits per heavy atom. The van der Waals surface area contributed by atoms with E-state index in [1.165, 1.54) is 28.6 Å². The lowest BCUT2D eigenvalue weighted by molar-refractivity contribution is -0.119. The van der Waals surface area contributed by atoms with Gasteiger partial charge >= 0.3 is 0 Å². The zero-order valence-corrected chi connectivity index (χ0v) is 22.4. The summed E-state index contributed by atoms with van der Waals surface area (Å²) >= 11 is 7.59. The number of nitrogens with one attached hydrogen (secondary N) is 1. The molecule has 0 bridgehead atoms. The molecule has 35 heavy (non-hydrogen) atoms. The van der Waals surface area contributed by atoms with Gasteiger partial charge in [-0.2, -0.15) is 16.1 Å². The minimum absolute atomic E-state index is 0.0535. The predicted molar refractivity (Wildman–Crippen MR) is 139 cm³/mol. The van der Waals surface area contributed by atoms with Crippen LogP contribution in [0, 0.1) is 0 Å². The highest BCUT2D eigenvalue weighted by Gasteiger charge is 2.27. The molecule has 0 aromatic heterocycles. The van der Waals surface area contributed by atoms with Crippen LogP contribution in [-0.4, -0.2) is 78.4 Å². The van der Waals surface area contributed by atoms with Gasteiger partial charge in [-0.25, -0.2) is 16.8 Å². The van der Waals surface area contributed by atoms with Gasteiger partial charge in [0, 0.05) is 36.2 Å². The molecule has 1 aliphatic heterocycles. The molecule has 13 heteroatoms. The normalized spacial score (nSPS) is 15.0. The maximum atomic E-state index is 12.8. The number of amides is 1. The van der Waals surface area contributed by atoms with Crippen LogP contribution in [0.3, 0.4) is 0 Å². The van der Waals surface area contributed by atoms with Gasteiger partial charge in [-0.15, -0.1) is 0 Å². The van der Waals surface area contributed by atoms with Gasteiger partial charge in [0.2, 0.25) is 26.0 Å². The number of carbonyl (C=O) groups excluding carboxylic acids is 1. The van der Waals surface area contributed by atoms with Crippen molar-refractivity contribution in [3.05, 3.63) is 59.1 Å². The van der Waals surface area contributed by atoms with E-state index in [4.69, 9.17) is 16.3 Å². The third kappa shape index (κ3) is 8.09. The van der Waals surface area contributed by atoms with E-state index in [9.17, 15) is 21.6 Å². The van der Waals surface area contributed by atoms with Crippen molar-refractivity contribution in [1.82, 2.24) is 9.62 Å². The van der Waals surface area contributed by atoms with Crippen molar-refractivity contribution in [2.24, 2.45) is 0 Å². The molecule has 1 amide bonds. The van der Waals surface area contributed by atoms with Crippen LogP contribution >= 0.6 is 23.4 Å². The lowest BCUT2D eigenvalue weighted by atomic mass is 10.2. The number of morpholine rings is 1. The van der Waals surface area contributed by atoms with Crippen LogP contribution in [-0.2, 0) is 35.3 Å². The minimum Gasteiger partial charge on any atom is -0.379 e. The second-order valence-corrected chi connectivity index (χ2v) is 13.2. The van der Waals surface area contributed by atoms with Crippen molar-refractivity contribution in [3.8, 4) is 0 Å². The number of halogens is 1. The standard InChI is InChI=1S/C22H28ClN3O6S3/c1-34(28,29)26(16-22(27)24-9-14-33-17-18-3-2-4-19(23)15-18)20-5-7-21(8-6-20)35(30,31)25-10-12-32-13-11-25/h2-8,15H,9-14,16-17H2,1H3,(H,24,27). The number of hydrogen-bond acceptors (Lipinski definition) is 7. The lowest BCUT2D eigenvalue weighted by Gasteiger charge is -2.26. The SMILES string of the molecule is CS(=O)(=O)N(CC(=O)NCCSCc1cccc(Cl)c1)c1ccc(S(=O)(=O)N2CCOCC2)cc1. The third-order valence-corrected chi connectivity index (χ3v) is 9.47. The monoisotopic (exact) mass is 561 g/mol. The molecule has 1 fully saturated rings. The fourth-order valence-corrected chi connectivity index (χ4v) is 6.67. The van der Waals surface area contributed by atoms with E-state index in [1.807, 2.05) is 18.2 Å². The maximum absolute atomic E-state index is 12.8. The first kappa shape index (κ1) is 27.8. The van der Waals surface area contributed by atoms with Crippen LogP contribution in [0.4, 0.5) is 5.69 Å². The smallest absolute Gasteiger partial charge is 0.243 e. The third-order valence-electron chi connectivity index (χ3n) is 5.15. The average Bonchev–Trinajstić information content (AvgIpc) is 2.82. The number of nitrogens with zero attached hydrogens (tertiary/aromatic N) is 2. The Hall–Kier alpha value is -1.83. The molecule has 0 aliphatic carbocycles. The molecule has 2 aromatic carbocycles. The van der Waals surface area contributed by atoms with Crippen molar-refractivity contribution < 1.29 is 26.4 Å². The molecule has 0 spiro atoms. The molecular weight excluding hydrogens is 534 g/mol. The predicted octanol–water partition coefficient (Wildman–Crippen LogP) is 2.18. The first-order chi connectivity index (χ1) is 16.6. The van der Waals surface area contributed by atoms with Crippen LogP contribution in [0.2, 0.25) is 5.02 Å². The highest BCUT2D eigenvalue weighted by atomic mass is 35.5. The van der Waals surface area contributed by atoms with Crippen molar-refractivity contribution >= 4 is 55.0 Å². The van der Waals surface area contributed by atoms with Crippen LogP contribution < -0.4 is 9.62 Å². The van der Waals surface area contributed by atoms with Gasteiger partial charge in [-0.1, -0.05) is 23.7 Å². The summed E-state index contributed by atoms with van der Waals surface area (Å²) in [5, 5.41) is 3.40. The molecule has 0 atom stereocenters. The van der Waals surface area contributed by atoms with E-state index in [2.05, 4.69) is 5.32 Å². The Labute approximate surface area is 215 Å². The fraction of sp³-hybridized carbons (Fsp3) is 0.409. The molecule has 1 aliphatic rings. The van der Waals surface area contributed by atoms with Crippen LogP contribution in [0.25, 0.3) is 0 Å². The molecule has 192 valence electrons. The second kappa shape index (κ2) is 12.4. The Bertz CT molecular complexity index is 1220. The molecule has 0 radical (unpaired) electrons. The van der Waals surface area contributed by atoms with Crippen LogP contribution in [0.5, 0.6) is 0 Å². The molecule has 2 aromatic rings. The molecule has 1 N–H and O–H groups in total. The lowest BCUT2D eigenvalue weighted by Crippen LogP contribution is -2.41. The van der Waals surface area contributed by atoms with Crippen molar-refractivity contribution in [3.63, 3.8) is 0 Å². The minimum atomic E-state index is -3.78. The van der Waals surface area contributed by atoms with E-state index >= 15 is 0 Å². The van der Waals surface area contributed by atoms with Crippen molar-refractivity contribution in [2.45, 2.75) is 10.6 Å². The number of benzene rings is 2. The number of rotatable bonds is 11. The number of hydrogen-bond donors (Lipinski definition) is 1. The average molecular weight is 562 g/mol. The molecule has 0 saturated carbocycles. The number of carbonyl (C=O) groups is 1. The Balaban J connectivity index is 1.56.